The number of amides is 3. The van der Waals surface area contributed by atoms with Crippen LogP contribution in [0.5, 0.6) is 5.75 Å². The van der Waals surface area contributed by atoms with Crippen molar-refractivity contribution in [2.75, 3.05) is 5.75 Å². The van der Waals surface area contributed by atoms with E-state index in [1.165, 1.54) is 43.7 Å². The third-order valence-corrected chi connectivity index (χ3v) is 5.61. The second kappa shape index (κ2) is 13.5. The molecule has 14 heteroatoms. The van der Waals surface area contributed by atoms with E-state index in [0.29, 0.717) is 11.3 Å². The van der Waals surface area contributed by atoms with Crippen LogP contribution in [0.2, 0.25) is 0 Å². The zero-order chi connectivity index (χ0) is 26.8. The number of aliphatic hydroxyl groups is 1. The van der Waals surface area contributed by atoms with E-state index in [0.717, 1.165) is 0 Å². The van der Waals surface area contributed by atoms with Gasteiger partial charge in [-0.15, -0.1) is 0 Å². The number of carbonyl (C=O) groups is 4. The summed E-state index contributed by atoms with van der Waals surface area (Å²) in [4.78, 5) is 56.6. The number of phenols is 1. The molecule has 5 unspecified atom stereocenters. The molecule has 13 nitrogen and oxygen atoms in total. The van der Waals surface area contributed by atoms with Crippen LogP contribution in [0.1, 0.15) is 18.2 Å². The normalized spacial score (nSPS) is 15.1. The molecule has 0 saturated heterocycles. The first-order chi connectivity index (χ1) is 17.0. The van der Waals surface area contributed by atoms with E-state index in [-0.39, 0.29) is 24.3 Å². The van der Waals surface area contributed by atoms with Gasteiger partial charge in [-0.05, 0) is 24.6 Å². The maximum absolute atomic E-state index is 13.1. The number of nitrogens with one attached hydrogen (secondary N) is 4. The lowest BCUT2D eigenvalue weighted by Crippen LogP contribution is -2.59. The number of phenolic OH excluding ortho intramolecular Hbond substituents is 1. The topological polar surface area (TPSA) is 220 Å². The fraction of sp³-hybridized carbons (Fsp3) is 0.409. The summed E-state index contributed by atoms with van der Waals surface area (Å²) in [7, 11) is 0. The second-order valence-electron chi connectivity index (χ2n) is 8.12. The van der Waals surface area contributed by atoms with Gasteiger partial charge >= 0.3 is 5.97 Å². The molecule has 196 valence electrons. The molecule has 5 atom stereocenters. The Kier molecular flexibility index (Phi) is 10.7. The number of carboxylic acids is 1. The van der Waals surface area contributed by atoms with Crippen molar-refractivity contribution in [3.8, 4) is 5.75 Å². The second-order valence-corrected chi connectivity index (χ2v) is 8.49. The monoisotopic (exact) mass is 522 g/mol. The largest absolute Gasteiger partial charge is 0.508 e. The molecule has 9 N–H and O–H groups in total. The molecule has 0 aliphatic carbocycles. The lowest BCUT2D eigenvalue weighted by Gasteiger charge is -2.24. The fourth-order valence-electron chi connectivity index (χ4n) is 3.12. The molecule has 0 aliphatic heterocycles. The van der Waals surface area contributed by atoms with Gasteiger partial charge in [-0.1, -0.05) is 12.1 Å². The standard InChI is InChI=1S/C22H30N6O7S/c1-11(29)18(23)21(33)28-17(9-36)20(32)26-15(7-13-8-24-10-25-13)19(31)27-16(22(34)35)6-12-2-4-14(30)5-3-12/h2-5,8,10-11,15-18,29-30,36H,6-7,9,23H2,1H3,(H,24,25)(H,26,32)(H,27,31)(H,28,33)(H,34,35). The third-order valence-electron chi connectivity index (χ3n) is 5.24. The number of hydrogen-bond acceptors (Lipinski definition) is 9. The Labute approximate surface area is 212 Å². The molecule has 0 saturated carbocycles. The van der Waals surface area contributed by atoms with Crippen LogP contribution in [0.3, 0.4) is 0 Å². The van der Waals surface area contributed by atoms with Crippen molar-refractivity contribution >= 4 is 36.3 Å². The minimum absolute atomic E-state index is 0.0113. The molecule has 1 aromatic carbocycles. The van der Waals surface area contributed by atoms with Gasteiger partial charge in [-0.3, -0.25) is 14.4 Å². The number of carbonyl (C=O) groups excluding carboxylic acids is 3. The maximum atomic E-state index is 13.1. The summed E-state index contributed by atoms with van der Waals surface area (Å²) in [5.41, 5.74) is 6.64. The average Bonchev–Trinajstić information content (AvgIpc) is 3.35. The lowest BCUT2D eigenvalue weighted by atomic mass is 10.0. The first-order valence-corrected chi connectivity index (χ1v) is 11.6. The van der Waals surface area contributed by atoms with Crippen LogP contribution in [0.15, 0.2) is 36.8 Å². The van der Waals surface area contributed by atoms with Crippen LogP contribution in [-0.4, -0.2) is 85.0 Å². The SMILES string of the molecule is CC(O)C(N)C(=O)NC(CS)C(=O)NC(Cc1cnc[nH]1)C(=O)NC(Cc1ccc(O)cc1)C(=O)O. The number of hydrogen-bond donors (Lipinski definition) is 9. The summed E-state index contributed by atoms with van der Waals surface area (Å²) in [6.45, 7) is 1.32. The number of aliphatic carboxylic acids is 1. The van der Waals surface area contributed by atoms with Crippen molar-refractivity contribution in [1.82, 2.24) is 25.9 Å². The number of thiol groups is 1. The molecule has 0 bridgehead atoms. The zero-order valence-corrected chi connectivity index (χ0v) is 20.3. The maximum Gasteiger partial charge on any atom is 0.326 e. The van der Waals surface area contributed by atoms with Crippen LogP contribution in [-0.2, 0) is 32.0 Å². The number of aliphatic hydroxyl groups excluding tert-OH is 1. The van der Waals surface area contributed by atoms with E-state index in [2.05, 4.69) is 38.5 Å². The van der Waals surface area contributed by atoms with Crippen LogP contribution >= 0.6 is 12.6 Å². The summed E-state index contributed by atoms with van der Waals surface area (Å²) >= 11 is 4.07. The van der Waals surface area contributed by atoms with Crippen LogP contribution < -0.4 is 21.7 Å². The molecule has 2 rings (SSSR count). The van der Waals surface area contributed by atoms with Crippen molar-refractivity contribution in [1.29, 1.82) is 0 Å². The number of benzene rings is 1. The van der Waals surface area contributed by atoms with Crippen molar-refractivity contribution < 1.29 is 34.5 Å². The molecular formula is C22H30N6O7S. The van der Waals surface area contributed by atoms with E-state index in [1.54, 1.807) is 0 Å². The fourth-order valence-corrected chi connectivity index (χ4v) is 3.38. The van der Waals surface area contributed by atoms with E-state index in [4.69, 9.17) is 5.73 Å². The van der Waals surface area contributed by atoms with Crippen molar-refractivity contribution in [2.45, 2.75) is 50.0 Å². The molecule has 2 aromatic rings. The van der Waals surface area contributed by atoms with Crippen LogP contribution in [0, 0.1) is 0 Å². The van der Waals surface area contributed by atoms with Gasteiger partial charge in [0.15, 0.2) is 0 Å². The van der Waals surface area contributed by atoms with E-state index in [9.17, 15) is 34.5 Å². The lowest BCUT2D eigenvalue weighted by molar-refractivity contribution is -0.142. The first kappa shape index (κ1) is 28.6. The Morgan fingerprint density at radius 2 is 1.58 bits per heavy atom. The minimum atomic E-state index is -1.33. The molecule has 0 fully saturated rings. The molecule has 0 aliphatic rings. The average molecular weight is 523 g/mol. The Bertz CT molecular complexity index is 1030. The quantitative estimate of drug-likeness (QED) is 0.134. The highest BCUT2D eigenvalue weighted by atomic mass is 32.1. The zero-order valence-electron chi connectivity index (χ0n) is 19.4. The number of aromatic hydroxyl groups is 1. The number of carboxylic acid groups (broad SMARTS) is 1. The minimum Gasteiger partial charge on any atom is -0.508 e. The van der Waals surface area contributed by atoms with Gasteiger partial charge in [-0.2, -0.15) is 12.6 Å². The highest BCUT2D eigenvalue weighted by molar-refractivity contribution is 7.80. The first-order valence-electron chi connectivity index (χ1n) is 10.9. The molecule has 3 amide bonds. The predicted octanol–water partition coefficient (Wildman–Crippen LogP) is -1.92. The number of aromatic nitrogens is 2. The number of nitrogens with two attached hydrogens (primary N) is 1. The summed E-state index contributed by atoms with van der Waals surface area (Å²) < 4.78 is 0. The molecule has 0 radical (unpaired) electrons. The molecule has 0 spiro atoms. The Hall–Kier alpha value is -3.62. The van der Waals surface area contributed by atoms with Crippen LogP contribution in [0.4, 0.5) is 0 Å². The van der Waals surface area contributed by atoms with Crippen LogP contribution in [0.25, 0.3) is 0 Å². The summed E-state index contributed by atoms with van der Waals surface area (Å²) in [5, 5.41) is 35.8. The van der Waals surface area contributed by atoms with Crippen molar-refractivity contribution in [3.05, 3.63) is 48.0 Å². The number of nitrogens with zero attached hydrogens (tertiary/aromatic N) is 1. The van der Waals surface area contributed by atoms with Gasteiger partial charge in [0.25, 0.3) is 0 Å². The van der Waals surface area contributed by atoms with Gasteiger partial charge in [0, 0.05) is 30.5 Å². The van der Waals surface area contributed by atoms with E-state index < -0.39 is 54.0 Å². The Balaban J connectivity index is 2.16. The number of rotatable bonds is 13. The van der Waals surface area contributed by atoms with E-state index >= 15 is 0 Å². The van der Waals surface area contributed by atoms with Gasteiger partial charge in [0.2, 0.25) is 17.7 Å². The highest BCUT2D eigenvalue weighted by Gasteiger charge is 2.31. The summed E-state index contributed by atoms with van der Waals surface area (Å²) in [6, 6.07) is 0.824. The summed E-state index contributed by atoms with van der Waals surface area (Å²) in [6.07, 6.45) is 1.54. The number of imidazole rings is 1. The molecule has 1 aromatic heterocycles. The van der Waals surface area contributed by atoms with Gasteiger partial charge in [-0.25, -0.2) is 9.78 Å². The molecular weight excluding hydrogens is 492 g/mol. The molecule has 1 heterocycles. The van der Waals surface area contributed by atoms with Gasteiger partial charge in [0.05, 0.1) is 12.4 Å². The van der Waals surface area contributed by atoms with Crippen molar-refractivity contribution in [3.63, 3.8) is 0 Å². The van der Waals surface area contributed by atoms with Gasteiger partial charge < -0.3 is 42.0 Å². The summed E-state index contributed by atoms with van der Waals surface area (Å²) in [5.74, 6) is -3.75. The number of H-pyrrole nitrogens is 1. The van der Waals surface area contributed by atoms with Crippen molar-refractivity contribution in [2.24, 2.45) is 5.73 Å². The van der Waals surface area contributed by atoms with Gasteiger partial charge in [0.1, 0.15) is 29.9 Å². The highest BCUT2D eigenvalue weighted by Crippen LogP contribution is 2.12. The number of aromatic amines is 1. The smallest absolute Gasteiger partial charge is 0.326 e. The van der Waals surface area contributed by atoms with E-state index in [1.807, 2.05) is 0 Å². The molecule has 36 heavy (non-hydrogen) atoms. The Morgan fingerprint density at radius 1 is 1.00 bits per heavy atom. The third kappa shape index (κ3) is 8.55. The Morgan fingerprint density at radius 3 is 2.11 bits per heavy atom. The predicted molar refractivity (Wildman–Crippen MR) is 131 cm³/mol.